The summed E-state index contributed by atoms with van der Waals surface area (Å²) < 4.78 is 134. The van der Waals surface area contributed by atoms with E-state index < -0.39 is 50.5 Å². The van der Waals surface area contributed by atoms with Crippen molar-refractivity contribution < 1.29 is 42.6 Å². The van der Waals surface area contributed by atoms with Gasteiger partial charge in [0, 0.05) is 0 Å². The molecule has 1 aliphatic rings. The Hall–Kier alpha value is -1.37. The topological polar surface area (TPSA) is 80.3 Å². The van der Waals surface area contributed by atoms with Crippen molar-refractivity contribution in [3.63, 3.8) is 0 Å². The number of hydrogen-bond acceptors (Lipinski definition) is 7. The van der Waals surface area contributed by atoms with Crippen molar-refractivity contribution in [2.24, 2.45) is 22.6 Å². The molecule has 7 nitrogen and oxygen atoms in total. The van der Waals surface area contributed by atoms with Gasteiger partial charge < -0.3 is 9.05 Å². The summed E-state index contributed by atoms with van der Waals surface area (Å²) in [6.45, 7) is 0. The summed E-state index contributed by atoms with van der Waals surface area (Å²) in [5.41, 5.74) is 0. The van der Waals surface area contributed by atoms with E-state index in [0.29, 0.717) is 0 Å². The third-order valence-corrected chi connectivity index (χ3v) is 12.6. The third-order valence-electron chi connectivity index (χ3n) is 3.02. The Balaban J connectivity index is 2.36. The molecule has 0 N–H and O–H groups in total. The van der Waals surface area contributed by atoms with E-state index >= 15 is 8.39 Å². The van der Waals surface area contributed by atoms with Gasteiger partial charge in [-0.3, -0.25) is 0 Å². The van der Waals surface area contributed by atoms with Crippen LogP contribution in [0, 0.1) is 0 Å². The van der Waals surface area contributed by atoms with Crippen molar-refractivity contribution in [2.45, 2.75) is 0 Å². The van der Waals surface area contributed by atoms with E-state index in [0.717, 1.165) is 24.3 Å². The Morgan fingerprint density at radius 1 is 0.438 bits per heavy atom. The van der Waals surface area contributed by atoms with Gasteiger partial charge in [-0.2, -0.15) is 0 Å². The molecule has 32 heavy (non-hydrogen) atoms. The van der Waals surface area contributed by atoms with Gasteiger partial charge in [0.2, 0.25) is 0 Å². The minimum absolute atomic E-state index is 0.507. The Morgan fingerprint density at radius 2 is 0.781 bits per heavy atom. The van der Waals surface area contributed by atoms with Gasteiger partial charge in [0.15, 0.2) is 0 Å². The Morgan fingerprint density at radius 3 is 1.22 bits per heavy atom. The Labute approximate surface area is 176 Å². The number of para-hydroxylation sites is 2. The average molecular weight is 563 g/mol. The molecule has 20 heteroatoms. The first-order valence-corrected chi connectivity index (χ1v) is 15.4. The van der Waals surface area contributed by atoms with Gasteiger partial charge in [-0.15, -0.1) is 56.2 Å². The van der Waals surface area contributed by atoms with Crippen molar-refractivity contribution in [3.8, 4) is 11.5 Å². The Bertz CT molecular complexity index is 1220. The lowest BCUT2D eigenvalue weighted by atomic mass is 10.3. The van der Waals surface area contributed by atoms with E-state index in [4.69, 9.17) is 0 Å². The molecule has 0 bridgehead atoms. The fourth-order valence-corrected chi connectivity index (χ4v) is 11.0. The number of nitrogens with zero attached hydrogens (tertiary/aromatic N) is 5. The van der Waals surface area contributed by atoms with Crippen LogP contribution in [-0.4, -0.2) is 0 Å². The smallest absolute Gasteiger partial charge is 0.419 e. The zero-order chi connectivity index (χ0) is 23.7. The van der Waals surface area contributed by atoms with Crippen molar-refractivity contribution in [2.75, 3.05) is 0 Å². The van der Waals surface area contributed by atoms with E-state index in [1.165, 1.54) is 36.4 Å². The SMILES string of the molecule is FP1(F)=NP(F)(F)=NP(F)(Oc2ccccc2)=NP(F)(Oc2ccccc2)=NP(F)(F)=N1. The van der Waals surface area contributed by atoms with Crippen LogP contribution in [0.15, 0.2) is 83.2 Å². The normalized spacial score (nSPS) is 28.4. The van der Waals surface area contributed by atoms with Crippen LogP contribution in [0.3, 0.4) is 0 Å². The second kappa shape index (κ2) is 9.11. The van der Waals surface area contributed by atoms with E-state index in [1.54, 1.807) is 9.03 Å². The number of hydrogen-bond donors (Lipinski definition) is 0. The van der Waals surface area contributed by atoms with Gasteiger partial charge in [-0.25, -0.2) is 0 Å². The molecule has 3 rings (SSSR count). The van der Waals surface area contributed by atoms with Crippen LogP contribution >= 0.6 is 39.0 Å². The summed E-state index contributed by atoms with van der Waals surface area (Å²) in [7, 11) is -32.0. The fourth-order valence-electron chi connectivity index (χ4n) is 2.05. The zero-order valence-electron chi connectivity index (χ0n) is 15.1. The van der Waals surface area contributed by atoms with Gasteiger partial charge in [-0.1, -0.05) is 36.4 Å². The van der Waals surface area contributed by atoms with Gasteiger partial charge in [0.1, 0.15) is 11.5 Å². The molecular formula is C12H10F8N5O2P5. The van der Waals surface area contributed by atoms with Crippen molar-refractivity contribution in [1.29, 1.82) is 0 Å². The summed E-state index contributed by atoms with van der Waals surface area (Å²) >= 11 is 0. The molecule has 2 aromatic carbocycles. The lowest BCUT2D eigenvalue weighted by Crippen LogP contribution is -1.90. The summed E-state index contributed by atoms with van der Waals surface area (Å²) in [6, 6.07) is 12.0. The van der Waals surface area contributed by atoms with Crippen LogP contribution in [0.2, 0.25) is 0 Å². The second-order valence-corrected chi connectivity index (χ2v) is 14.1. The summed E-state index contributed by atoms with van der Waals surface area (Å²) in [4.78, 5) is 0. The predicted octanol–water partition coefficient (Wildman–Crippen LogP) is 11.6. The molecule has 0 fully saturated rings. The Kier molecular flexibility index (Phi) is 7.19. The van der Waals surface area contributed by atoms with Crippen molar-refractivity contribution >= 4 is 39.0 Å². The molecule has 0 radical (unpaired) electrons. The lowest BCUT2D eigenvalue weighted by Gasteiger charge is -2.18. The van der Waals surface area contributed by atoms with Crippen LogP contribution in [-0.2, 0) is 0 Å². The largest absolute Gasteiger partial charge is 0.442 e. The van der Waals surface area contributed by atoms with Gasteiger partial charge in [-0.05, 0) is 24.3 Å². The number of benzene rings is 2. The van der Waals surface area contributed by atoms with Crippen LogP contribution < -0.4 is 9.05 Å². The van der Waals surface area contributed by atoms with E-state index in [9.17, 15) is 25.2 Å². The van der Waals surface area contributed by atoms with Crippen LogP contribution in [0.25, 0.3) is 0 Å². The highest BCUT2D eigenvalue weighted by Gasteiger charge is 2.42. The van der Waals surface area contributed by atoms with Crippen molar-refractivity contribution in [3.05, 3.63) is 60.7 Å². The molecule has 0 spiro atoms. The maximum absolute atomic E-state index is 15.4. The highest BCUT2D eigenvalue weighted by atomic mass is 31.3. The number of halogens is 8. The highest BCUT2D eigenvalue weighted by Crippen LogP contribution is 2.82. The summed E-state index contributed by atoms with van der Waals surface area (Å²) in [6.07, 6.45) is 0. The molecule has 2 atom stereocenters. The van der Waals surface area contributed by atoms with Gasteiger partial charge >= 0.3 is 39.0 Å². The maximum atomic E-state index is 15.4. The molecule has 2 unspecified atom stereocenters. The lowest BCUT2D eigenvalue weighted by molar-refractivity contribution is 0.535. The first kappa shape index (κ1) is 25.3. The maximum Gasteiger partial charge on any atom is 0.442 e. The second-order valence-electron chi connectivity index (χ2n) is 5.57. The van der Waals surface area contributed by atoms with Gasteiger partial charge in [0.25, 0.3) is 0 Å². The first-order chi connectivity index (χ1) is 14.7. The molecule has 176 valence electrons. The molecule has 1 aliphatic heterocycles. The third kappa shape index (κ3) is 7.32. The molecule has 0 saturated heterocycles. The fraction of sp³-hybridized carbons (Fsp3) is 0. The molecule has 2 aromatic rings. The molecule has 0 saturated carbocycles. The van der Waals surface area contributed by atoms with Crippen molar-refractivity contribution in [1.82, 2.24) is 0 Å². The summed E-state index contributed by atoms with van der Waals surface area (Å²) in [5, 5.41) is 0. The summed E-state index contributed by atoms with van der Waals surface area (Å²) in [5.74, 6) is -1.01. The predicted molar refractivity (Wildman–Crippen MR) is 110 cm³/mol. The monoisotopic (exact) mass is 563 g/mol. The van der Waals surface area contributed by atoms with E-state index in [-0.39, 0.29) is 0 Å². The quantitative estimate of drug-likeness (QED) is 0.274. The zero-order valence-corrected chi connectivity index (χ0v) is 19.6. The molecule has 0 aromatic heterocycles. The van der Waals surface area contributed by atoms with Crippen LogP contribution in [0.1, 0.15) is 0 Å². The van der Waals surface area contributed by atoms with E-state index in [2.05, 4.69) is 22.6 Å². The standard InChI is InChI=1S/C12H10F8N5O2P5/c13-28(14)21-29(15,16)23-31(19,26-11-7-3-1-4-8-11)25-32(20,24-30(17,18)22-28)27-12-9-5-2-6-10-12/h1-10H. The molecule has 1 heterocycles. The van der Waals surface area contributed by atoms with Crippen LogP contribution in [0.4, 0.5) is 33.6 Å². The minimum atomic E-state index is -6.76. The molecular weight excluding hydrogens is 553 g/mol. The first-order valence-electron chi connectivity index (χ1n) is 7.95. The van der Waals surface area contributed by atoms with Crippen LogP contribution in [0.5, 0.6) is 11.5 Å². The minimum Gasteiger partial charge on any atom is -0.419 e. The number of rotatable bonds is 4. The molecule has 0 amide bonds. The molecule has 0 aliphatic carbocycles. The van der Waals surface area contributed by atoms with E-state index in [1.807, 2.05) is 0 Å². The average Bonchev–Trinajstić information content (AvgIpc) is 2.58. The van der Waals surface area contributed by atoms with Gasteiger partial charge in [0.05, 0.1) is 0 Å². The highest BCUT2D eigenvalue weighted by molar-refractivity contribution is 7.78.